The van der Waals surface area contributed by atoms with Crippen molar-refractivity contribution in [3.8, 4) is 0 Å². The summed E-state index contributed by atoms with van der Waals surface area (Å²) >= 11 is 0. The van der Waals surface area contributed by atoms with Gasteiger partial charge in [-0.2, -0.15) is 0 Å². The van der Waals surface area contributed by atoms with E-state index in [1.807, 2.05) is 13.8 Å². The summed E-state index contributed by atoms with van der Waals surface area (Å²) in [7, 11) is 0. The van der Waals surface area contributed by atoms with Crippen LogP contribution in [0.4, 0.5) is 5.82 Å². The normalized spacial score (nSPS) is 16.5. The van der Waals surface area contributed by atoms with Gasteiger partial charge < -0.3 is 15.4 Å². The molecule has 5 heteroatoms. The molecule has 1 aliphatic rings. The molecule has 0 saturated carbocycles. The highest BCUT2D eigenvalue weighted by molar-refractivity contribution is 5.32. The van der Waals surface area contributed by atoms with Gasteiger partial charge in [-0.05, 0) is 46.2 Å². The third kappa shape index (κ3) is 4.76. The van der Waals surface area contributed by atoms with Crippen molar-refractivity contribution in [2.24, 2.45) is 0 Å². The number of ether oxygens (including phenoxy) is 1. The molecule has 0 radical (unpaired) electrons. The Labute approximate surface area is 115 Å². The van der Waals surface area contributed by atoms with Crippen LogP contribution in [-0.4, -0.2) is 42.3 Å². The third-order valence-corrected chi connectivity index (χ3v) is 3.46. The molecule has 0 bridgehead atoms. The highest BCUT2D eigenvalue weighted by atomic mass is 16.5. The van der Waals surface area contributed by atoms with Crippen molar-refractivity contribution in [3.05, 3.63) is 17.6 Å². The van der Waals surface area contributed by atoms with Gasteiger partial charge in [0.25, 0.3) is 0 Å². The maximum atomic E-state index is 5.85. The average molecular weight is 264 g/mol. The molecule has 1 aromatic rings. The number of nitrogens with zero attached hydrogens (tertiary/aromatic N) is 2. The Hall–Kier alpha value is -1.20. The predicted octanol–water partition coefficient (Wildman–Crippen LogP) is 1.66. The molecular formula is C14H24N4O. The molecule has 0 aromatic carbocycles. The van der Waals surface area contributed by atoms with E-state index in [4.69, 9.17) is 4.74 Å². The summed E-state index contributed by atoms with van der Waals surface area (Å²) in [5, 5.41) is 6.62. The lowest BCUT2D eigenvalue weighted by Gasteiger charge is -2.22. The van der Waals surface area contributed by atoms with E-state index in [-0.39, 0.29) is 0 Å². The van der Waals surface area contributed by atoms with Crippen LogP contribution in [0.25, 0.3) is 0 Å². The highest BCUT2D eigenvalue weighted by Crippen LogP contribution is 2.08. The summed E-state index contributed by atoms with van der Waals surface area (Å²) < 4.78 is 5.85. The highest BCUT2D eigenvalue weighted by Gasteiger charge is 2.12. The smallest absolute Gasteiger partial charge is 0.144 e. The van der Waals surface area contributed by atoms with E-state index >= 15 is 0 Å². The van der Waals surface area contributed by atoms with Crippen molar-refractivity contribution in [1.82, 2.24) is 15.3 Å². The van der Waals surface area contributed by atoms with Crippen molar-refractivity contribution >= 4 is 5.82 Å². The minimum atomic E-state index is 0.447. The molecular weight excluding hydrogens is 240 g/mol. The van der Waals surface area contributed by atoms with E-state index in [2.05, 4.69) is 20.6 Å². The molecule has 0 spiro atoms. The number of hydrogen-bond acceptors (Lipinski definition) is 5. The van der Waals surface area contributed by atoms with Gasteiger partial charge >= 0.3 is 0 Å². The van der Waals surface area contributed by atoms with Gasteiger partial charge in [-0.1, -0.05) is 0 Å². The first-order valence-corrected chi connectivity index (χ1v) is 7.12. The lowest BCUT2D eigenvalue weighted by atomic mass is 10.1. The van der Waals surface area contributed by atoms with Crippen LogP contribution in [0.5, 0.6) is 0 Å². The number of hydrogen-bond donors (Lipinski definition) is 2. The molecule has 1 saturated heterocycles. The molecule has 2 heterocycles. The van der Waals surface area contributed by atoms with Crippen LogP contribution >= 0.6 is 0 Å². The first-order valence-electron chi connectivity index (χ1n) is 7.12. The van der Waals surface area contributed by atoms with Gasteiger partial charge in [0.2, 0.25) is 0 Å². The standard InChI is InChI=1S/C14H24N4O/c1-11-12(2)18-14(10-17-11)16-6-3-9-19-13-4-7-15-8-5-13/h10,13,15H,3-9H2,1-2H3,(H,16,18). The minimum absolute atomic E-state index is 0.447. The SMILES string of the molecule is Cc1ncc(NCCCOC2CCNCC2)nc1C. The van der Waals surface area contributed by atoms with Crippen molar-refractivity contribution < 1.29 is 4.74 Å². The molecule has 5 nitrogen and oxygen atoms in total. The Morgan fingerprint density at radius 2 is 2.11 bits per heavy atom. The zero-order valence-electron chi connectivity index (χ0n) is 11.9. The maximum Gasteiger partial charge on any atom is 0.144 e. The Bertz CT molecular complexity index is 391. The van der Waals surface area contributed by atoms with Crippen molar-refractivity contribution in [1.29, 1.82) is 0 Å². The fraction of sp³-hybridized carbons (Fsp3) is 0.714. The number of anilines is 1. The van der Waals surface area contributed by atoms with E-state index in [9.17, 15) is 0 Å². The second kappa shape index (κ2) is 7.40. The quantitative estimate of drug-likeness (QED) is 0.765. The fourth-order valence-corrected chi connectivity index (χ4v) is 2.13. The van der Waals surface area contributed by atoms with Gasteiger partial charge in [-0.3, -0.25) is 4.98 Å². The summed E-state index contributed by atoms with van der Waals surface area (Å²) in [5.74, 6) is 0.852. The summed E-state index contributed by atoms with van der Waals surface area (Å²) in [6, 6.07) is 0. The van der Waals surface area contributed by atoms with Crippen LogP contribution in [0.1, 0.15) is 30.7 Å². The number of nitrogens with one attached hydrogen (secondary N) is 2. The van der Waals surface area contributed by atoms with E-state index < -0.39 is 0 Å². The Kier molecular flexibility index (Phi) is 5.54. The molecule has 0 atom stereocenters. The Balaban J connectivity index is 1.59. The van der Waals surface area contributed by atoms with E-state index in [1.54, 1.807) is 6.20 Å². The monoisotopic (exact) mass is 264 g/mol. The molecule has 0 unspecified atom stereocenters. The molecule has 2 N–H and O–H groups in total. The summed E-state index contributed by atoms with van der Waals surface area (Å²) in [4.78, 5) is 8.73. The zero-order valence-corrected chi connectivity index (χ0v) is 11.9. The third-order valence-electron chi connectivity index (χ3n) is 3.46. The Morgan fingerprint density at radius 1 is 1.32 bits per heavy atom. The molecule has 1 fully saturated rings. The van der Waals surface area contributed by atoms with E-state index in [0.717, 1.165) is 62.7 Å². The minimum Gasteiger partial charge on any atom is -0.378 e. The van der Waals surface area contributed by atoms with Gasteiger partial charge in [0.1, 0.15) is 5.82 Å². The predicted molar refractivity (Wildman–Crippen MR) is 76.5 cm³/mol. The van der Waals surface area contributed by atoms with E-state index in [1.165, 1.54) is 0 Å². The molecule has 19 heavy (non-hydrogen) atoms. The first kappa shape index (κ1) is 14.2. The topological polar surface area (TPSA) is 59.1 Å². The summed E-state index contributed by atoms with van der Waals surface area (Å²) in [6.45, 7) is 7.81. The van der Waals surface area contributed by atoms with Crippen molar-refractivity contribution in [2.75, 3.05) is 31.6 Å². The first-order chi connectivity index (χ1) is 9.25. The van der Waals surface area contributed by atoms with Gasteiger partial charge in [0, 0.05) is 13.2 Å². The second-order valence-corrected chi connectivity index (χ2v) is 5.03. The van der Waals surface area contributed by atoms with E-state index in [0.29, 0.717) is 6.10 Å². The summed E-state index contributed by atoms with van der Waals surface area (Å²) in [6.07, 6.45) is 5.50. The van der Waals surface area contributed by atoms with Crippen LogP contribution in [0.15, 0.2) is 6.20 Å². The van der Waals surface area contributed by atoms with Crippen molar-refractivity contribution in [2.45, 2.75) is 39.2 Å². The van der Waals surface area contributed by atoms with Crippen LogP contribution in [0.2, 0.25) is 0 Å². The zero-order chi connectivity index (χ0) is 13.5. The molecule has 1 aromatic heterocycles. The fourth-order valence-electron chi connectivity index (χ4n) is 2.13. The van der Waals surface area contributed by atoms with Crippen LogP contribution in [-0.2, 0) is 4.74 Å². The van der Waals surface area contributed by atoms with Crippen LogP contribution < -0.4 is 10.6 Å². The molecule has 1 aliphatic heterocycles. The second-order valence-electron chi connectivity index (χ2n) is 5.03. The van der Waals surface area contributed by atoms with Crippen LogP contribution in [0, 0.1) is 13.8 Å². The van der Waals surface area contributed by atoms with Gasteiger partial charge in [0.15, 0.2) is 0 Å². The molecule has 0 amide bonds. The van der Waals surface area contributed by atoms with Gasteiger partial charge in [-0.25, -0.2) is 4.98 Å². The summed E-state index contributed by atoms with van der Waals surface area (Å²) in [5.41, 5.74) is 1.97. The number of aromatic nitrogens is 2. The largest absolute Gasteiger partial charge is 0.378 e. The lowest BCUT2D eigenvalue weighted by molar-refractivity contribution is 0.0329. The number of rotatable bonds is 6. The molecule has 0 aliphatic carbocycles. The molecule has 2 rings (SSSR count). The molecule has 106 valence electrons. The van der Waals surface area contributed by atoms with Crippen molar-refractivity contribution in [3.63, 3.8) is 0 Å². The number of aryl methyl sites for hydroxylation is 2. The maximum absolute atomic E-state index is 5.85. The van der Waals surface area contributed by atoms with Gasteiger partial charge in [-0.15, -0.1) is 0 Å². The lowest BCUT2D eigenvalue weighted by Crippen LogP contribution is -2.32. The number of piperidine rings is 1. The average Bonchev–Trinajstić information content (AvgIpc) is 2.43. The Morgan fingerprint density at radius 3 is 2.84 bits per heavy atom. The van der Waals surface area contributed by atoms with Crippen LogP contribution in [0.3, 0.4) is 0 Å². The van der Waals surface area contributed by atoms with Gasteiger partial charge in [0.05, 0.1) is 23.7 Å².